The molecular formula is C10H18N6O2S. The van der Waals surface area contributed by atoms with Gasteiger partial charge in [0, 0.05) is 13.1 Å². The summed E-state index contributed by atoms with van der Waals surface area (Å²) >= 11 is 1.38. The molecule has 0 radical (unpaired) electrons. The molecule has 9 heteroatoms. The normalized spacial score (nSPS) is 20.2. The number of aromatic nitrogens is 2. The van der Waals surface area contributed by atoms with Crippen molar-refractivity contribution >= 4 is 22.4 Å². The molecule has 2 rings (SSSR count). The minimum atomic E-state index is -0.271. The molecule has 1 saturated heterocycles. The second-order valence-corrected chi connectivity index (χ2v) is 5.16. The van der Waals surface area contributed by atoms with Gasteiger partial charge in [-0.05, 0) is 6.92 Å². The van der Waals surface area contributed by atoms with E-state index in [1.54, 1.807) is 0 Å². The zero-order valence-corrected chi connectivity index (χ0v) is 11.6. The predicted molar refractivity (Wildman–Crippen MR) is 71.4 cm³/mol. The summed E-state index contributed by atoms with van der Waals surface area (Å²) in [5.41, 5.74) is 2.46. The first-order valence-electron chi connectivity index (χ1n) is 6.13. The quantitative estimate of drug-likeness (QED) is 0.479. The van der Waals surface area contributed by atoms with Gasteiger partial charge in [0.1, 0.15) is 11.0 Å². The first kappa shape index (κ1) is 14.1. The van der Waals surface area contributed by atoms with Crippen LogP contribution in [0.5, 0.6) is 0 Å². The lowest BCUT2D eigenvalue weighted by Crippen LogP contribution is -2.53. The van der Waals surface area contributed by atoms with Gasteiger partial charge in [0.15, 0.2) is 0 Å². The van der Waals surface area contributed by atoms with Crippen molar-refractivity contribution in [3.8, 4) is 0 Å². The molecule has 1 aromatic heterocycles. The van der Waals surface area contributed by atoms with E-state index in [2.05, 4.69) is 25.8 Å². The first-order valence-corrected chi connectivity index (χ1v) is 6.94. The van der Waals surface area contributed by atoms with Gasteiger partial charge < -0.3 is 10.1 Å². The Hall–Kier alpha value is -1.29. The molecule has 1 fully saturated rings. The largest absolute Gasteiger partial charge is 0.378 e. The topological polar surface area (TPSA) is 105 Å². The van der Waals surface area contributed by atoms with Crippen molar-refractivity contribution in [2.24, 2.45) is 5.84 Å². The molecule has 1 atom stereocenters. The minimum absolute atomic E-state index is 0.0103. The zero-order valence-electron chi connectivity index (χ0n) is 10.8. The number of hydrazine groups is 1. The Morgan fingerprint density at radius 3 is 3.16 bits per heavy atom. The number of nitrogens with two attached hydrogens (primary N) is 1. The summed E-state index contributed by atoms with van der Waals surface area (Å²) in [5.74, 6) is 5.26. The number of amides is 1. The second kappa shape index (κ2) is 6.75. The lowest BCUT2D eigenvalue weighted by molar-refractivity contribution is -0.132. The third-order valence-corrected chi connectivity index (χ3v) is 3.66. The Bertz CT molecular complexity index is 426. The van der Waals surface area contributed by atoms with Crippen LogP contribution in [0.2, 0.25) is 0 Å². The van der Waals surface area contributed by atoms with Gasteiger partial charge in [-0.25, -0.2) is 5.84 Å². The summed E-state index contributed by atoms with van der Waals surface area (Å²) in [6.45, 7) is 4.82. The Kier molecular flexibility index (Phi) is 5.02. The number of rotatable bonds is 5. The molecule has 0 saturated carbocycles. The molecule has 1 aromatic rings. The molecule has 1 aliphatic heterocycles. The van der Waals surface area contributed by atoms with Gasteiger partial charge in [0.05, 0.1) is 19.8 Å². The van der Waals surface area contributed by atoms with Gasteiger partial charge >= 0.3 is 0 Å². The average molecular weight is 286 g/mol. The van der Waals surface area contributed by atoms with E-state index in [1.165, 1.54) is 11.3 Å². The summed E-state index contributed by atoms with van der Waals surface area (Å²) in [6, 6.07) is -0.271. The fourth-order valence-electron chi connectivity index (χ4n) is 1.91. The summed E-state index contributed by atoms with van der Waals surface area (Å²) < 4.78 is 5.38. The van der Waals surface area contributed by atoms with Crippen LogP contribution in [-0.4, -0.2) is 53.3 Å². The first-order chi connectivity index (χ1) is 9.24. The van der Waals surface area contributed by atoms with Gasteiger partial charge in [-0.15, -0.1) is 10.2 Å². The van der Waals surface area contributed by atoms with Crippen LogP contribution in [-0.2, 0) is 16.1 Å². The molecule has 2 heterocycles. The zero-order chi connectivity index (χ0) is 13.7. The van der Waals surface area contributed by atoms with Crippen molar-refractivity contribution in [1.29, 1.82) is 0 Å². The van der Waals surface area contributed by atoms with Crippen LogP contribution in [0.15, 0.2) is 0 Å². The lowest BCUT2D eigenvalue weighted by atomic mass is 10.2. The third kappa shape index (κ3) is 3.60. The minimum Gasteiger partial charge on any atom is -0.378 e. The highest BCUT2D eigenvalue weighted by Gasteiger charge is 2.29. The smallest absolute Gasteiger partial charge is 0.239 e. The molecule has 0 spiro atoms. The summed E-state index contributed by atoms with van der Waals surface area (Å²) in [6.07, 6.45) is 0. The van der Waals surface area contributed by atoms with Crippen molar-refractivity contribution in [2.45, 2.75) is 19.5 Å². The van der Waals surface area contributed by atoms with E-state index in [1.807, 2.05) is 6.92 Å². The van der Waals surface area contributed by atoms with Gasteiger partial charge in [-0.2, -0.15) is 0 Å². The Labute approximate surface area is 115 Å². The molecule has 106 valence electrons. The number of anilines is 1. The van der Waals surface area contributed by atoms with Crippen LogP contribution in [0.1, 0.15) is 11.9 Å². The fourth-order valence-corrected chi connectivity index (χ4v) is 2.59. The molecule has 0 bridgehead atoms. The second-order valence-electron chi connectivity index (χ2n) is 4.10. The number of carbonyl (C=O) groups excluding carboxylic acids is 1. The number of ether oxygens (including phenoxy) is 1. The highest BCUT2D eigenvalue weighted by molar-refractivity contribution is 7.15. The van der Waals surface area contributed by atoms with Gasteiger partial charge in [0.25, 0.3) is 0 Å². The SMILES string of the molecule is CCNC(=O)C1COCCN1Cc1nnc(NN)s1. The standard InChI is InChI=1S/C10H18N6O2S/c1-2-12-9(17)7-6-18-4-3-16(7)5-8-14-15-10(13-11)19-8/h7H,2-6,11H2,1H3,(H,12,17)(H,13,15). The van der Waals surface area contributed by atoms with Crippen molar-refractivity contribution in [2.75, 3.05) is 31.7 Å². The average Bonchev–Trinajstić information content (AvgIpc) is 2.87. The monoisotopic (exact) mass is 286 g/mol. The molecule has 1 amide bonds. The third-order valence-electron chi connectivity index (χ3n) is 2.82. The molecule has 1 aliphatic rings. The van der Waals surface area contributed by atoms with Gasteiger partial charge in [-0.3, -0.25) is 15.1 Å². The lowest BCUT2D eigenvalue weighted by Gasteiger charge is -2.33. The van der Waals surface area contributed by atoms with Gasteiger partial charge in [0.2, 0.25) is 11.0 Å². The molecule has 19 heavy (non-hydrogen) atoms. The maximum absolute atomic E-state index is 12.0. The molecule has 4 N–H and O–H groups in total. The number of hydrogen-bond acceptors (Lipinski definition) is 8. The molecule has 0 aromatic carbocycles. The van der Waals surface area contributed by atoms with E-state index >= 15 is 0 Å². The van der Waals surface area contributed by atoms with E-state index in [0.29, 0.717) is 38.0 Å². The van der Waals surface area contributed by atoms with E-state index in [-0.39, 0.29) is 11.9 Å². The van der Waals surface area contributed by atoms with Crippen molar-refractivity contribution in [3.05, 3.63) is 5.01 Å². The van der Waals surface area contributed by atoms with Crippen molar-refractivity contribution < 1.29 is 9.53 Å². The van der Waals surface area contributed by atoms with Crippen LogP contribution < -0.4 is 16.6 Å². The Morgan fingerprint density at radius 2 is 2.47 bits per heavy atom. The molecular weight excluding hydrogens is 268 g/mol. The fraction of sp³-hybridized carbons (Fsp3) is 0.700. The van der Waals surface area contributed by atoms with Crippen LogP contribution in [0.3, 0.4) is 0 Å². The number of nitrogens with one attached hydrogen (secondary N) is 2. The Balaban J connectivity index is 2.00. The number of morpholine rings is 1. The van der Waals surface area contributed by atoms with E-state index < -0.39 is 0 Å². The number of nitrogen functional groups attached to an aromatic ring is 1. The summed E-state index contributed by atoms with van der Waals surface area (Å²) in [5, 5.41) is 12.1. The Morgan fingerprint density at radius 1 is 1.63 bits per heavy atom. The number of nitrogens with zero attached hydrogens (tertiary/aromatic N) is 3. The highest BCUT2D eigenvalue weighted by atomic mass is 32.1. The molecule has 1 unspecified atom stereocenters. The highest BCUT2D eigenvalue weighted by Crippen LogP contribution is 2.18. The maximum Gasteiger partial charge on any atom is 0.239 e. The van der Waals surface area contributed by atoms with Crippen molar-refractivity contribution in [3.63, 3.8) is 0 Å². The molecule has 0 aliphatic carbocycles. The summed E-state index contributed by atoms with van der Waals surface area (Å²) in [4.78, 5) is 14.0. The van der Waals surface area contributed by atoms with Crippen LogP contribution in [0.25, 0.3) is 0 Å². The number of likely N-dealkylation sites (N-methyl/N-ethyl adjacent to an activating group) is 1. The van der Waals surface area contributed by atoms with Crippen molar-refractivity contribution in [1.82, 2.24) is 20.4 Å². The number of carbonyl (C=O) groups is 1. The maximum atomic E-state index is 12.0. The van der Waals surface area contributed by atoms with E-state index in [0.717, 1.165) is 5.01 Å². The van der Waals surface area contributed by atoms with Crippen LogP contribution in [0, 0.1) is 0 Å². The van der Waals surface area contributed by atoms with Gasteiger partial charge in [-0.1, -0.05) is 11.3 Å². The van der Waals surface area contributed by atoms with E-state index in [9.17, 15) is 4.79 Å². The number of hydrogen-bond donors (Lipinski definition) is 3. The predicted octanol–water partition coefficient (Wildman–Crippen LogP) is -0.839. The van der Waals surface area contributed by atoms with Crippen LogP contribution >= 0.6 is 11.3 Å². The summed E-state index contributed by atoms with van der Waals surface area (Å²) in [7, 11) is 0. The molecule has 8 nitrogen and oxygen atoms in total. The van der Waals surface area contributed by atoms with E-state index in [4.69, 9.17) is 10.6 Å². The van der Waals surface area contributed by atoms with Crippen LogP contribution in [0.4, 0.5) is 5.13 Å².